The first kappa shape index (κ1) is 20.7. The van der Waals surface area contributed by atoms with E-state index in [0.29, 0.717) is 54.8 Å². The lowest BCUT2D eigenvalue weighted by molar-refractivity contribution is 0.0994. The second-order valence-electron chi connectivity index (χ2n) is 7.74. The van der Waals surface area contributed by atoms with Gasteiger partial charge in [0.1, 0.15) is 17.3 Å². The van der Waals surface area contributed by atoms with Crippen molar-refractivity contribution < 1.29 is 19.1 Å². The van der Waals surface area contributed by atoms with Crippen molar-refractivity contribution in [1.29, 1.82) is 0 Å². The Bertz CT molecular complexity index is 1250. The molecule has 0 radical (unpaired) electrons. The van der Waals surface area contributed by atoms with Gasteiger partial charge in [-0.25, -0.2) is 14.8 Å². The minimum Gasteiger partial charge on any atom is -0.493 e. The maximum absolute atomic E-state index is 13.2. The fraction of sp³-hybridized carbons (Fsp3) is 0.250. The molecule has 9 heteroatoms. The lowest BCUT2D eigenvalue weighted by atomic mass is 10.1. The number of hydrogen-bond acceptors (Lipinski definition) is 7. The molecule has 3 aromatic rings. The summed E-state index contributed by atoms with van der Waals surface area (Å²) < 4.78 is 11.2. The summed E-state index contributed by atoms with van der Waals surface area (Å²) >= 11 is 0. The average molecular weight is 445 g/mol. The molecule has 0 saturated heterocycles. The average Bonchev–Trinajstić information content (AvgIpc) is 2.92. The van der Waals surface area contributed by atoms with Crippen molar-refractivity contribution in [2.75, 3.05) is 30.0 Å². The highest BCUT2D eigenvalue weighted by Crippen LogP contribution is 2.37. The zero-order valence-electron chi connectivity index (χ0n) is 18.4. The molecule has 168 valence electrons. The van der Waals surface area contributed by atoms with Gasteiger partial charge in [-0.3, -0.25) is 4.79 Å². The second kappa shape index (κ2) is 8.42. The number of fused-ring (bicyclic) bond motifs is 3. The highest BCUT2D eigenvalue weighted by Gasteiger charge is 2.30. The third-order valence-corrected chi connectivity index (χ3v) is 5.76. The van der Waals surface area contributed by atoms with E-state index in [2.05, 4.69) is 15.3 Å². The van der Waals surface area contributed by atoms with Gasteiger partial charge in [-0.2, -0.15) is 0 Å². The first-order chi connectivity index (χ1) is 16.1. The molecular weight excluding hydrogens is 422 g/mol. The molecule has 1 N–H and O–H groups in total. The van der Waals surface area contributed by atoms with Gasteiger partial charge in [0.05, 0.1) is 30.0 Å². The summed E-state index contributed by atoms with van der Waals surface area (Å²) in [6, 6.07) is 11.0. The van der Waals surface area contributed by atoms with Gasteiger partial charge in [0, 0.05) is 32.4 Å². The maximum atomic E-state index is 13.2. The Hall–Kier alpha value is -4.14. The second-order valence-corrected chi connectivity index (χ2v) is 7.74. The monoisotopic (exact) mass is 445 g/mol. The van der Waals surface area contributed by atoms with Gasteiger partial charge in [-0.05, 0) is 42.8 Å². The van der Waals surface area contributed by atoms with Crippen LogP contribution < -0.4 is 24.6 Å². The summed E-state index contributed by atoms with van der Waals surface area (Å²) in [7, 11) is 1.75. The van der Waals surface area contributed by atoms with Crippen molar-refractivity contribution in [3.8, 4) is 11.5 Å². The largest absolute Gasteiger partial charge is 0.493 e. The Morgan fingerprint density at radius 2 is 2.03 bits per heavy atom. The molecule has 0 bridgehead atoms. The number of ether oxygens (including phenoxy) is 2. The van der Waals surface area contributed by atoms with Crippen LogP contribution in [0.25, 0.3) is 0 Å². The van der Waals surface area contributed by atoms with E-state index in [-0.39, 0.29) is 5.91 Å². The highest BCUT2D eigenvalue weighted by atomic mass is 16.6. The van der Waals surface area contributed by atoms with Crippen LogP contribution in [0.4, 0.5) is 22.1 Å². The molecule has 2 aliphatic rings. The van der Waals surface area contributed by atoms with Crippen LogP contribution in [-0.4, -0.2) is 42.2 Å². The van der Waals surface area contributed by atoms with Crippen LogP contribution in [0.5, 0.6) is 11.5 Å². The molecule has 0 atom stereocenters. The summed E-state index contributed by atoms with van der Waals surface area (Å²) in [4.78, 5) is 37.4. The number of anilines is 3. The summed E-state index contributed by atoms with van der Waals surface area (Å²) in [6.45, 7) is 3.38. The molecule has 0 aliphatic carbocycles. The minimum atomic E-state index is -0.469. The molecule has 0 saturated carbocycles. The van der Waals surface area contributed by atoms with E-state index in [4.69, 9.17) is 9.47 Å². The van der Waals surface area contributed by atoms with Gasteiger partial charge in [0.2, 0.25) is 0 Å². The van der Waals surface area contributed by atoms with Gasteiger partial charge in [0.25, 0.3) is 5.91 Å². The standard InChI is InChI=1S/C24H23N5O4/c1-3-29-21-16(23(30)28(2)18-6-5-10-25-22(18)29)12-15(13-26-21)9-11-32-19-7-4-8-20-17(19)14-27-24(31)33-20/h4-8,10,12-13H,3,9,11,14H2,1-2H3,(H,27,31). The molecule has 0 spiro atoms. The van der Waals surface area contributed by atoms with E-state index >= 15 is 0 Å². The van der Waals surface area contributed by atoms with Gasteiger partial charge in [-0.15, -0.1) is 0 Å². The van der Waals surface area contributed by atoms with Gasteiger partial charge in [0.15, 0.2) is 5.82 Å². The zero-order chi connectivity index (χ0) is 22.9. The number of aromatic nitrogens is 2. The zero-order valence-corrected chi connectivity index (χ0v) is 18.4. The molecule has 9 nitrogen and oxygen atoms in total. The van der Waals surface area contributed by atoms with Crippen molar-refractivity contribution in [2.45, 2.75) is 19.9 Å². The van der Waals surface area contributed by atoms with Gasteiger partial charge >= 0.3 is 6.09 Å². The number of nitrogens with one attached hydrogen (secondary N) is 1. The topological polar surface area (TPSA) is 96.9 Å². The van der Waals surface area contributed by atoms with Crippen LogP contribution in [0.15, 0.2) is 48.8 Å². The van der Waals surface area contributed by atoms with Gasteiger partial charge in [-0.1, -0.05) is 6.07 Å². The van der Waals surface area contributed by atoms with Crippen LogP contribution in [0.1, 0.15) is 28.4 Å². The molecule has 2 aromatic heterocycles. The molecule has 5 rings (SSSR count). The molecule has 33 heavy (non-hydrogen) atoms. The van der Waals surface area contributed by atoms with Crippen LogP contribution in [0.2, 0.25) is 0 Å². The van der Waals surface area contributed by atoms with E-state index in [1.165, 1.54) is 0 Å². The number of benzene rings is 1. The van der Waals surface area contributed by atoms with Crippen molar-refractivity contribution >= 4 is 29.3 Å². The number of hydrogen-bond donors (Lipinski definition) is 1. The SMILES string of the molecule is CCN1c2ncc(CCOc3cccc4c3CNC(=O)O4)cc2C(=O)N(C)c2cccnc21. The van der Waals surface area contributed by atoms with Crippen molar-refractivity contribution in [1.82, 2.24) is 15.3 Å². The molecule has 0 unspecified atom stereocenters. The van der Waals surface area contributed by atoms with Crippen molar-refractivity contribution in [3.05, 3.63) is 65.5 Å². The number of carbonyl (C=O) groups is 2. The molecule has 2 aliphatic heterocycles. The number of carbonyl (C=O) groups excluding carboxylic acids is 2. The Morgan fingerprint density at radius 3 is 2.88 bits per heavy atom. The predicted molar refractivity (Wildman–Crippen MR) is 122 cm³/mol. The lowest BCUT2D eigenvalue weighted by Gasteiger charge is -2.22. The minimum absolute atomic E-state index is 0.129. The van der Waals surface area contributed by atoms with E-state index < -0.39 is 6.09 Å². The number of nitrogens with zero attached hydrogens (tertiary/aromatic N) is 4. The first-order valence-electron chi connectivity index (χ1n) is 10.8. The first-order valence-corrected chi connectivity index (χ1v) is 10.8. The molecule has 0 fully saturated rings. The predicted octanol–water partition coefficient (Wildman–Crippen LogP) is 3.45. The Kier molecular flexibility index (Phi) is 5.29. The summed E-state index contributed by atoms with van der Waals surface area (Å²) in [5.74, 6) is 2.34. The lowest BCUT2D eigenvalue weighted by Crippen LogP contribution is -2.31. The molecule has 2 amide bonds. The summed E-state index contributed by atoms with van der Waals surface area (Å²) in [6.07, 6.45) is 3.58. The molecule has 1 aromatic carbocycles. The Balaban J connectivity index is 1.37. The van der Waals surface area contributed by atoms with Gasteiger partial charge < -0.3 is 24.6 Å². The normalized spacial score (nSPS) is 14.5. The molecular formula is C24H23N5O4. The van der Waals surface area contributed by atoms with Crippen molar-refractivity contribution in [3.63, 3.8) is 0 Å². The van der Waals surface area contributed by atoms with Crippen LogP contribution in [0.3, 0.4) is 0 Å². The van der Waals surface area contributed by atoms with Crippen LogP contribution in [0, 0.1) is 0 Å². The van der Waals surface area contributed by atoms with E-state index in [1.807, 2.05) is 36.1 Å². The third kappa shape index (κ3) is 3.71. The van der Waals surface area contributed by atoms with Crippen LogP contribution >= 0.6 is 0 Å². The maximum Gasteiger partial charge on any atom is 0.412 e. The van der Waals surface area contributed by atoms with E-state index in [9.17, 15) is 9.59 Å². The van der Waals surface area contributed by atoms with Crippen molar-refractivity contribution in [2.24, 2.45) is 0 Å². The Labute approximate surface area is 191 Å². The van der Waals surface area contributed by atoms with E-state index in [1.54, 1.807) is 36.5 Å². The summed E-state index contributed by atoms with van der Waals surface area (Å²) in [5.41, 5.74) is 2.97. The number of rotatable bonds is 5. The quantitative estimate of drug-likeness (QED) is 0.642. The molecule has 4 heterocycles. The van der Waals surface area contributed by atoms with Crippen LogP contribution in [-0.2, 0) is 13.0 Å². The Morgan fingerprint density at radius 1 is 1.15 bits per heavy atom. The number of amides is 2. The summed E-state index contributed by atoms with van der Waals surface area (Å²) in [5, 5.41) is 2.65. The number of pyridine rings is 2. The van der Waals surface area contributed by atoms with E-state index in [0.717, 1.165) is 16.8 Å². The smallest absolute Gasteiger partial charge is 0.412 e. The fourth-order valence-electron chi connectivity index (χ4n) is 4.08. The third-order valence-electron chi connectivity index (χ3n) is 5.76. The fourth-order valence-corrected chi connectivity index (χ4v) is 4.08. The highest BCUT2D eigenvalue weighted by molar-refractivity contribution is 6.12.